The molecule has 178 valence electrons. The third-order valence-corrected chi connectivity index (χ3v) is 7.46. The van der Waals surface area contributed by atoms with Crippen molar-refractivity contribution in [3.8, 4) is 0 Å². The number of aliphatic hydroxyl groups excluding tert-OH is 3. The van der Waals surface area contributed by atoms with E-state index in [0.29, 0.717) is 4.57 Å². The van der Waals surface area contributed by atoms with Gasteiger partial charge >= 0.3 is 29.2 Å². The van der Waals surface area contributed by atoms with Gasteiger partial charge in [0.05, 0.1) is 13.2 Å². The minimum Gasteiger partial charge on any atom is -0.391 e. The number of aromatic nitrogens is 2. The number of hydrogen-bond acceptors (Lipinski definition) is 13. The number of nitrogens with zero attached hydrogens (tertiary/aromatic N) is 2. The Hall–Kier alpha value is -1.07. The van der Waals surface area contributed by atoms with E-state index in [1.807, 2.05) is 0 Å². The van der Waals surface area contributed by atoms with Crippen LogP contribution in [-0.4, -0.2) is 69.4 Å². The summed E-state index contributed by atoms with van der Waals surface area (Å²) in [6.07, 6.45) is -5.83. The van der Waals surface area contributed by atoms with Gasteiger partial charge in [0.15, 0.2) is 6.23 Å². The number of nitrogen functional groups attached to an aromatic ring is 1. The normalized spacial score (nSPS) is 28.2. The molecule has 9 N–H and O–H groups in total. The predicted octanol–water partition coefficient (Wildman–Crippen LogP) is -2.72. The third-order valence-electron chi connectivity index (χ3n) is 3.66. The summed E-state index contributed by atoms with van der Waals surface area (Å²) in [5.41, 5.74) is 4.40. The van der Waals surface area contributed by atoms with Gasteiger partial charge in [-0.05, 0) is 0 Å². The van der Waals surface area contributed by atoms with Gasteiger partial charge < -0.3 is 45.4 Å². The van der Waals surface area contributed by atoms with E-state index in [4.69, 9.17) is 25.2 Å². The van der Waals surface area contributed by atoms with Crippen LogP contribution in [-0.2, 0) is 38.2 Å². The molecule has 1 aliphatic heterocycles. The van der Waals surface area contributed by atoms with E-state index >= 15 is 0 Å². The first-order chi connectivity index (χ1) is 14.1. The average Bonchev–Trinajstić information content (AvgIpc) is 2.85. The van der Waals surface area contributed by atoms with E-state index in [2.05, 4.69) is 18.1 Å². The molecule has 2 unspecified atom stereocenters. The molecule has 18 nitrogen and oxygen atoms in total. The molecule has 2 heterocycles. The zero-order valence-corrected chi connectivity index (χ0v) is 17.7. The lowest BCUT2D eigenvalue weighted by molar-refractivity contribution is -0.0543. The first kappa shape index (κ1) is 26.2. The summed E-state index contributed by atoms with van der Waals surface area (Å²) in [5, 5.41) is 29.4. The molecule has 31 heavy (non-hydrogen) atoms. The largest absolute Gasteiger partial charge is 0.490 e. The lowest BCUT2D eigenvalue weighted by atomic mass is 10.1. The highest BCUT2D eigenvalue weighted by Gasteiger charge is 2.46. The molecule has 0 spiro atoms. The van der Waals surface area contributed by atoms with Crippen molar-refractivity contribution in [1.82, 2.24) is 9.55 Å². The molecule has 1 fully saturated rings. The highest BCUT2D eigenvalue weighted by molar-refractivity contribution is 7.66. The molecule has 6 atom stereocenters. The van der Waals surface area contributed by atoms with E-state index in [0.717, 1.165) is 6.20 Å². The van der Waals surface area contributed by atoms with Gasteiger partial charge in [-0.2, -0.15) is 13.6 Å². The smallest absolute Gasteiger partial charge is 0.391 e. The molecule has 0 aromatic carbocycles. The quantitative estimate of drug-likeness (QED) is 0.156. The van der Waals surface area contributed by atoms with E-state index in [1.54, 1.807) is 0 Å². The van der Waals surface area contributed by atoms with Crippen LogP contribution >= 0.6 is 23.5 Å². The Labute approximate surface area is 171 Å². The van der Waals surface area contributed by atoms with Gasteiger partial charge in [-0.1, -0.05) is 0 Å². The Balaban J connectivity index is 2.11. The van der Waals surface area contributed by atoms with E-state index < -0.39 is 66.9 Å². The molecule has 1 saturated heterocycles. The minimum atomic E-state index is -5.75. The summed E-state index contributed by atoms with van der Waals surface area (Å²) in [6.45, 7) is -1.69. The van der Waals surface area contributed by atoms with Crippen LogP contribution in [0.15, 0.2) is 11.0 Å². The van der Waals surface area contributed by atoms with E-state index in [1.165, 1.54) is 0 Å². The minimum absolute atomic E-state index is 0.0124. The molecule has 2 rings (SSSR count). The molecule has 1 aromatic heterocycles. The van der Waals surface area contributed by atoms with Crippen LogP contribution in [0.2, 0.25) is 0 Å². The lowest BCUT2D eigenvalue weighted by Gasteiger charge is -2.19. The summed E-state index contributed by atoms with van der Waals surface area (Å²) < 4.78 is 50.8. The van der Waals surface area contributed by atoms with Crippen molar-refractivity contribution in [3.05, 3.63) is 22.2 Å². The molecule has 0 aliphatic carbocycles. The van der Waals surface area contributed by atoms with Crippen LogP contribution in [0.3, 0.4) is 0 Å². The lowest BCUT2D eigenvalue weighted by Crippen LogP contribution is -2.36. The molecular formula is C10H18N3O15P3. The zero-order chi connectivity index (χ0) is 23.8. The number of aliphatic hydroxyl groups is 3. The molecule has 0 amide bonds. The summed E-state index contributed by atoms with van der Waals surface area (Å²) in [4.78, 5) is 50.8. The standard InChI is InChI=1S/C10H18N3O15P3/c11-8-4(2-14)1-13(10(17)12-8)9-7(16)6(15)5(26-9)3-25-30(21,22)28-31(23,24)27-29(18,19)20/h1,5-7,9,14-16H,2-3H2,(H,21,22)(H,23,24)(H2,11,12,17)(H2,18,19,20)/t5-,6+,7+,9-/m1/s1. The molecule has 1 aliphatic rings. The maximum absolute atomic E-state index is 12.0. The zero-order valence-electron chi connectivity index (χ0n) is 15.0. The Kier molecular flexibility index (Phi) is 7.96. The van der Waals surface area contributed by atoms with Crippen LogP contribution in [0.1, 0.15) is 11.8 Å². The molecule has 0 bridgehead atoms. The monoisotopic (exact) mass is 513 g/mol. The SMILES string of the molecule is Nc1nc(=O)n([C@@H]2O[C@H](COP(=O)(O)OP(=O)(O)OP(=O)(O)O)[C@H](O)[C@@H]2O)cc1CO. The van der Waals surface area contributed by atoms with Crippen molar-refractivity contribution < 1.29 is 66.5 Å². The average molecular weight is 513 g/mol. The Morgan fingerprint density at radius 3 is 2.26 bits per heavy atom. The first-order valence-electron chi connectivity index (χ1n) is 7.83. The third kappa shape index (κ3) is 6.95. The fourth-order valence-electron chi connectivity index (χ4n) is 2.39. The number of hydrogen-bond donors (Lipinski definition) is 8. The number of ether oxygens (including phenoxy) is 1. The summed E-state index contributed by atoms with van der Waals surface area (Å²) in [5.74, 6) is -0.291. The molecular weight excluding hydrogens is 495 g/mol. The van der Waals surface area contributed by atoms with Crippen LogP contribution in [0.4, 0.5) is 5.82 Å². The fourth-order valence-corrected chi connectivity index (χ4v) is 5.42. The highest BCUT2D eigenvalue weighted by Crippen LogP contribution is 2.66. The number of nitrogens with two attached hydrogens (primary N) is 1. The van der Waals surface area contributed by atoms with Gasteiger partial charge in [-0.3, -0.25) is 9.09 Å². The number of rotatable bonds is 9. The van der Waals surface area contributed by atoms with Crippen LogP contribution in [0.25, 0.3) is 0 Å². The van der Waals surface area contributed by atoms with Crippen molar-refractivity contribution >= 4 is 29.3 Å². The van der Waals surface area contributed by atoms with Crippen LogP contribution < -0.4 is 11.4 Å². The highest BCUT2D eigenvalue weighted by atomic mass is 31.3. The van der Waals surface area contributed by atoms with Crippen LogP contribution in [0, 0.1) is 0 Å². The second kappa shape index (κ2) is 9.43. The maximum Gasteiger partial charge on any atom is 0.490 e. The van der Waals surface area contributed by atoms with Crippen LogP contribution in [0.5, 0.6) is 0 Å². The van der Waals surface area contributed by atoms with Gasteiger partial charge in [0, 0.05) is 11.8 Å². The summed E-state index contributed by atoms with van der Waals surface area (Å²) in [6, 6.07) is 0. The number of phosphoric acid groups is 3. The van der Waals surface area contributed by atoms with Gasteiger partial charge in [0.25, 0.3) is 0 Å². The Morgan fingerprint density at radius 2 is 1.71 bits per heavy atom. The van der Waals surface area contributed by atoms with Gasteiger partial charge in [-0.15, -0.1) is 0 Å². The van der Waals surface area contributed by atoms with E-state index in [9.17, 15) is 38.7 Å². The van der Waals surface area contributed by atoms with Gasteiger partial charge in [0.1, 0.15) is 24.1 Å². The summed E-state index contributed by atoms with van der Waals surface area (Å²) in [7, 11) is -16.8. The van der Waals surface area contributed by atoms with Crippen molar-refractivity contribution in [1.29, 1.82) is 0 Å². The van der Waals surface area contributed by atoms with Gasteiger partial charge in [0.2, 0.25) is 0 Å². The number of phosphoric ester groups is 1. The van der Waals surface area contributed by atoms with Gasteiger partial charge in [-0.25, -0.2) is 18.5 Å². The first-order valence-corrected chi connectivity index (χ1v) is 12.4. The second-order valence-electron chi connectivity index (χ2n) is 5.93. The Bertz CT molecular complexity index is 1010. The van der Waals surface area contributed by atoms with Crippen molar-refractivity contribution in [2.75, 3.05) is 12.3 Å². The molecule has 21 heteroatoms. The summed E-state index contributed by atoms with van der Waals surface area (Å²) >= 11 is 0. The molecule has 0 saturated carbocycles. The maximum atomic E-state index is 12.0. The topological polar surface area (TPSA) is 291 Å². The predicted molar refractivity (Wildman–Crippen MR) is 94.6 cm³/mol. The van der Waals surface area contributed by atoms with Crippen molar-refractivity contribution in [3.63, 3.8) is 0 Å². The van der Waals surface area contributed by atoms with Crippen molar-refractivity contribution in [2.24, 2.45) is 0 Å². The second-order valence-corrected chi connectivity index (χ2v) is 10.4. The van der Waals surface area contributed by atoms with Crippen molar-refractivity contribution in [2.45, 2.75) is 31.1 Å². The number of anilines is 1. The molecule has 0 radical (unpaired) electrons. The Morgan fingerprint density at radius 1 is 1.10 bits per heavy atom. The fraction of sp³-hybridized carbons (Fsp3) is 0.600. The van der Waals surface area contributed by atoms with E-state index in [-0.39, 0.29) is 11.4 Å². The molecule has 1 aromatic rings.